The molecule has 136 valence electrons. The van der Waals surface area contributed by atoms with Gasteiger partial charge in [0, 0.05) is 30.4 Å². The summed E-state index contributed by atoms with van der Waals surface area (Å²) in [5.74, 6) is 5.85. The van der Waals surface area contributed by atoms with E-state index in [0.717, 1.165) is 47.0 Å². The maximum Gasteiger partial charge on any atom is 0.216 e. The minimum atomic E-state index is -0.356. The molecule has 0 aliphatic carbocycles. The Morgan fingerprint density at radius 3 is 2.88 bits per heavy atom. The predicted molar refractivity (Wildman–Crippen MR) is 94.3 cm³/mol. The topological polar surface area (TPSA) is 31.4 Å². The molecule has 0 radical (unpaired) electrons. The number of ether oxygens (including phenoxy) is 2. The van der Waals surface area contributed by atoms with Gasteiger partial charge in [-0.1, -0.05) is 11.8 Å². The molecule has 1 aromatic rings. The van der Waals surface area contributed by atoms with Gasteiger partial charge in [-0.15, -0.1) is 0 Å². The van der Waals surface area contributed by atoms with Crippen LogP contribution in [-0.2, 0) is 15.9 Å². The second kappa shape index (κ2) is 7.41. The Hall–Kier alpha value is -1.48. The van der Waals surface area contributed by atoms with Gasteiger partial charge in [0.1, 0.15) is 12.6 Å². The fourth-order valence-electron chi connectivity index (χ4n) is 3.67. The van der Waals surface area contributed by atoms with E-state index in [2.05, 4.69) is 44.8 Å². The summed E-state index contributed by atoms with van der Waals surface area (Å²) in [7, 11) is 4.38. The fourth-order valence-corrected chi connectivity index (χ4v) is 3.67. The van der Waals surface area contributed by atoms with Gasteiger partial charge in [-0.2, -0.15) is 4.39 Å². The summed E-state index contributed by atoms with van der Waals surface area (Å²) in [6, 6.07) is 0.511. The van der Waals surface area contributed by atoms with Gasteiger partial charge < -0.3 is 14.0 Å². The van der Waals surface area contributed by atoms with Gasteiger partial charge in [-0.05, 0) is 33.1 Å². The van der Waals surface area contributed by atoms with Crippen molar-refractivity contribution < 1.29 is 18.3 Å². The van der Waals surface area contributed by atoms with Crippen LogP contribution in [0, 0.1) is 17.8 Å². The van der Waals surface area contributed by atoms with E-state index in [4.69, 9.17) is 9.47 Å². The van der Waals surface area contributed by atoms with E-state index in [1.54, 1.807) is 6.20 Å². The molecule has 0 spiro atoms. The highest BCUT2D eigenvalue weighted by Crippen LogP contribution is 2.38. The van der Waals surface area contributed by atoms with Crippen molar-refractivity contribution in [1.29, 1.82) is 0 Å². The smallest absolute Gasteiger partial charge is 0.216 e. The molecular formula is C20H28FN2O2+. The van der Waals surface area contributed by atoms with Crippen LogP contribution in [0.4, 0.5) is 4.39 Å². The van der Waals surface area contributed by atoms with Crippen LogP contribution in [0.3, 0.4) is 0 Å². The maximum absolute atomic E-state index is 14.3. The first-order valence-corrected chi connectivity index (χ1v) is 9.14. The molecule has 2 aliphatic heterocycles. The molecule has 25 heavy (non-hydrogen) atoms. The standard InChI is InChI=1S/C20H28FN2O2/c1-14-12-17-19(15(2)23(14,3)4)16(13-22-20(17)21)8-7-11-25-18-9-5-6-10-24-18/h13-15,18H,5-6,9-12H2,1-4H3/q+1. The first kappa shape index (κ1) is 18.3. The Kier molecular flexibility index (Phi) is 5.43. The summed E-state index contributed by atoms with van der Waals surface area (Å²) in [5, 5.41) is 0. The lowest BCUT2D eigenvalue weighted by atomic mass is 9.86. The first-order valence-electron chi connectivity index (χ1n) is 9.14. The van der Waals surface area contributed by atoms with Gasteiger partial charge in [-0.3, -0.25) is 0 Å². The fraction of sp³-hybridized carbons (Fsp3) is 0.650. The van der Waals surface area contributed by atoms with Gasteiger partial charge in [0.15, 0.2) is 6.29 Å². The zero-order valence-electron chi connectivity index (χ0n) is 15.6. The third kappa shape index (κ3) is 3.72. The molecule has 0 saturated carbocycles. The van der Waals surface area contributed by atoms with E-state index in [0.29, 0.717) is 19.1 Å². The summed E-state index contributed by atoms with van der Waals surface area (Å²) in [6.07, 6.45) is 5.27. The third-order valence-electron chi connectivity index (χ3n) is 5.93. The second-order valence-corrected chi connectivity index (χ2v) is 7.62. The third-order valence-corrected chi connectivity index (χ3v) is 5.93. The van der Waals surface area contributed by atoms with E-state index in [-0.39, 0.29) is 18.3 Å². The van der Waals surface area contributed by atoms with Gasteiger partial charge in [0.05, 0.1) is 25.7 Å². The Bertz CT molecular complexity index is 687. The van der Waals surface area contributed by atoms with E-state index in [9.17, 15) is 4.39 Å². The minimum Gasteiger partial charge on any atom is -0.353 e. The normalized spacial score (nSPS) is 28.0. The number of aromatic nitrogens is 1. The van der Waals surface area contributed by atoms with E-state index in [1.807, 2.05) is 0 Å². The van der Waals surface area contributed by atoms with Crippen molar-refractivity contribution in [2.45, 2.75) is 57.9 Å². The van der Waals surface area contributed by atoms with Crippen LogP contribution < -0.4 is 0 Å². The molecule has 1 aromatic heterocycles. The molecule has 3 heterocycles. The molecular weight excluding hydrogens is 319 g/mol. The van der Waals surface area contributed by atoms with Gasteiger partial charge in [-0.25, -0.2) is 4.98 Å². The molecule has 0 bridgehead atoms. The van der Waals surface area contributed by atoms with Crippen LogP contribution in [0.15, 0.2) is 6.20 Å². The quantitative estimate of drug-likeness (QED) is 0.468. The number of quaternary nitrogens is 1. The first-order chi connectivity index (χ1) is 11.9. The van der Waals surface area contributed by atoms with E-state index >= 15 is 0 Å². The second-order valence-electron chi connectivity index (χ2n) is 7.62. The molecule has 3 atom stereocenters. The molecule has 0 aromatic carbocycles. The van der Waals surface area contributed by atoms with Crippen LogP contribution in [0.1, 0.15) is 55.8 Å². The molecule has 3 unspecified atom stereocenters. The van der Waals surface area contributed by atoms with Crippen LogP contribution in [-0.4, -0.2) is 49.1 Å². The van der Waals surface area contributed by atoms with Crippen molar-refractivity contribution in [1.82, 2.24) is 4.98 Å². The zero-order valence-corrected chi connectivity index (χ0v) is 15.6. The van der Waals surface area contributed by atoms with Crippen LogP contribution in [0.2, 0.25) is 0 Å². The van der Waals surface area contributed by atoms with E-state index in [1.165, 1.54) is 0 Å². The Morgan fingerprint density at radius 1 is 1.36 bits per heavy atom. The van der Waals surface area contributed by atoms with Crippen molar-refractivity contribution in [3.8, 4) is 11.8 Å². The van der Waals surface area contributed by atoms with Crippen molar-refractivity contribution in [3.05, 3.63) is 28.8 Å². The number of hydrogen-bond acceptors (Lipinski definition) is 3. The molecule has 1 fully saturated rings. The molecule has 0 N–H and O–H groups in total. The maximum atomic E-state index is 14.3. The lowest BCUT2D eigenvalue weighted by Gasteiger charge is -2.46. The summed E-state index contributed by atoms with van der Waals surface area (Å²) >= 11 is 0. The Labute approximate surface area is 149 Å². The van der Waals surface area contributed by atoms with Crippen molar-refractivity contribution in [3.63, 3.8) is 0 Å². The van der Waals surface area contributed by atoms with Crippen LogP contribution in [0.5, 0.6) is 0 Å². The molecule has 1 saturated heterocycles. The number of rotatable bonds is 2. The van der Waals surface area contributed by atoms with Crippen molar-refractivity contribution in [2.24, 2.45) is 0 Å². The number of nitrogens with zero attached hydrogens (tertiary/aromatic N) is 2. The Balaban J connectivity index is 1.79. The van der Waals surface area contributed by atoms with Crippen LogP contribution in [0.25, 0.3) is 0 Å². The lowest BCUT2D eigenvalue weighted by Crippen LogP contribution is -2.53. The SMILES string of the molecule is CC1Cc2c(F)ncc(C#CCOC3CCCCO3)c2C(C)[N+]1(C)C. The van der Waals surface area contributed by atoms with Gasteiger partial charge >= 0.3 is 0 Å². The summed E-state index contributed by atoms with van der Waals surface area (Å²) in [6.45, 7) is 5.39. The summed E-state index contributed by atoms with van der Waals surface area (Å²) < 4.78 is 26.3. The van der Waals surface area contributed by atoms with Crippen molar-refractivity contribution >= 4 is 0 Å². The average molecular weight is 347 g/mol. The van der Waals surface area contributed by atoms with Gasteiger partial charge in [0.2, 0.25) is 5.95 Å². The van der Waals surface area contributed by atoms with Crippen molar-refractivity contribution in [2.75, 3.05) is 27.3 Å². The largest absolute Gasteiger partial charge is 0.353 e. The molecule has 3 rings (SSSR count). The lowest BCUT2D eigenvalue weighted by molar-refractivity contribution is -0.943. The summed E-state index contributed by atoms with van der Waals surface area (Å²) in [4.78, 5) is 3.94. The molecule has 2 aliphatic rings. The Morgan fingerprint density at radius 2 is 2.16 bits per heavy atom. The number of pyridine rings is 1. The van der Waals surface area contributed by atoms with Gasteiger partial charge in [0.25, 0.3) is 0 Å². The highest BCUT2D eigenvalue weighted by Gasteiger charge is 2.40. The number of halogens is 1. The van der Waals surface area contributed by atoms with E-state index < -0.39 is 0 Å². The molecule has 0 amide bonds. The number of hydrogen-bond donors (Lipinski definition) is 0. The molecule has 5 heteroatoms. The molecule has 4 nitrogen and oxygen atoms in total. The average Bonchev–Trinajstić information content (AvgIpc) is 2.60. The highest BCUT2D eigenvalue weighted by atomic mass is 19.1. The van der Waals surface area contributed by atoms with Crippen LogP contribution >= 0.6 is 0 Å². The monoisotopic (exact) mass is 347 g/mol. The highest BCUT2D eigenvalue weighted by molar-refractivity contribution is 5.46. The number of likely N-dealkylation sites (N-methyl/N-ethyl adjacent to an activating group) is 1. The zero-order chi connectivity index (χ0) is 18.0. The predicted octanol–water partition coefficient (Wildman–Crippen LogP) is 3.20. The minimum absolute atomic E-state index is 0.140. The number of fused-ring (bicyclic) bond motifs is 1. The summed E-state index contributed by atoms with van der Waals surface area (Å²) in [5.41, 5.74) is 2.54.